The normalized spacial score (nSPS) is 16.9. The molecule has 1 saturated carbocycles. The Morgan fingerprint density at radius 3 is 2.83 bits per heavy atom. The quantitative estimate of drug-likeness (QED) is 0.675. The molecule has 1 amide bonds. The number of nitrogens with zero attached hydrogens (tertiary/aromatic N) is 1. The summed E-state index contributed by atoms with van der Waals surface area (Å²) in [6.07, 6.45) is 3.08. The number of aromatic nitrogens is 3. The first-order chi connectivity index (χ1) is 11.7. The maximum absolute atomic E-state index is 12.6. The molecule has 1 fully saturated rings. The number of hydrogen-bond acceptors (Lipinski definition) is 3. The minimum atomic E-state index is -0.0631. The highest BCUT2D eigenvalue weighted by Gasteiger charge is 2.26. The second kappa shape index (κ2) is 4.80. The third kappa shape index (κ3) is 1.99. The van der Waals surface area contributed by atoms with E-state index in [1.807, 2.05) is 18.2 Å². The molecule has 0 bridgehead atoms. The van der Waals surface area contributed by atoms with Crippen molar-refractivity contribution in [2.45, 2.75) is 25.2 Å². The minimum Gasteiger partial charge on any atom is -0.352 e. The number of amides is 1. The number of nitrogens with one attached hydrogen (secondary N) is 3. The molecule has 3 heterocycles. The van der Waals surface area contributed by atoms with Gasteiger partial charge in [0, 0.05) is 29.4 Å². The molecule has 0 saturated heterocycles. The molecule has 6 heteroatoms. The number of aromatic amines is 2. The van der Waals surface area contributed by atoms with Gasteiger partial charge in [0.05, 0.1) is 11.1 Å². The molecule has 1 aliphatic heterocycles. The van der Waals surface area contributed by atoms with Crippen LogP contribution in [-0.2, 0) is 6.42 Å². The van der Waals surface area contributed by atoms with Gasteiger partial charge in [-0.2, -0.15) is 5.10 Å². The van der Waals surface area contributed by atoms with Crippen LogP contribution in [0.5, 0.6) is 0 Å². The van der Waals surface area contributed by atoms with Crippen LogP contribution in [0, 0.1) is 0 Å². The first kappa shape index (κ1) is 13.5. The van der Waals surface area contributed by atoms with E-state index in [1.165, 1.54) is 0 Å². The van der Waals surface area contributed by atoms with Gasteiger partial charge in [-0.05, 0) is 36.8 Å². The van der Waals surface area contributed by atoms with Crippen LogP contribution < -0.4 is 10.7 Å². The van der Waals surface area contributed by atoms with Crippen LogP contribution >= 0.6 is 0 Å². The summed E-state index contributed by atoms with van der Waals surface area (Å²) in [6.45, 7) is 0.668. The van der Waals surface area contributed by atoms with E-state index in [-0.39, 0.29) is 11.3 Å². The summed E-state index contributed by atoms with van der Waals surface area (Å²) < 4.78 is 0. The molecule has 2 aromatic heterocycles. The lowest BCUT2D eigenvalue weighted by Gasteiger charge is -2.16. The Morgan fingerprint density at radius 2 is 2.00 bits per heavy atom. The molecule has 0 unspecified atom stereocenters. The number of hydrogen-bond donors (Lipinski definition) is 3. The fraction of sp³-hybridized carbons (Fsp3) is 0.278. The van der Waals surface area contributed by atoms with E-state index < -0.39 is 0 Å². The maximum Gasteiger partial charge on any atom is 0.251 e. The number of rotatable bonds is 2. The number of pyridine rings is 1. The highest BCUT2D eigenvalue weighted by atomic mass is 16.1. The van der Waals surface area contributed by atoms with Gasteiger partial charge < -0.3 is 10.3 Å². The number of fused-ring (bicyclic) bond motifs is 2. The van der Waals surface area contributed by atoms with Gasteiger partial charge in [0.15, 0.2) is 11.1 Å². The lowest BCUT2D eigenvalue weighted by Crippen LogP contribution is -2.31. The van der Waals surface area contributed by atoms with Crippen molar-refractivity contribution in [1.29, 1.82) is 0 Å². The fourth-order valence-electron chi connectivity index (χ4n) is 3.45. The standard InChI is InChI=1S/C18H16N4O2/c23-14-8-13(10-2-3-10)20-17-15(14)16(21-22-17)11-4-1-9-5-6-19-18(24)12(9)7-11/h1,4,7-8,10H,2-3,5-6H2,(H,19,24)(H2,20,21,22,23). The van der Waals surface area contributed by atoms with E-state index in [9.17, 15) is 9.59 Å². The molecule has 5 rings (SSSR count). The smallest absolute Gasteiger partial charge is 0.251 e. The van der Waals surface area contributed by atoms with Gasteiger partial charge in [-0.3, -0.25) is 14.7 Å². The zero-order valence-corrected chi connectivity index (χ0v) is 13.0. The summed E-state index contributed by atoms with van der Waals surface area (Å²) >= 11 is 0. The molecule has 0 spiro atoms. The zero-order chi connectivity index (χ0) is 16.3. The molecule has 2 aliphatic rings. The average Bonchev–Trinajstić information content (AvgIpc) is 3.35. The maximum atomic E-state index is 12.6. The third-order valence-corrected chi connectivity index (χ3v) is 4.90. The number of carbonyl (C=O) groups excluding carboxylic acids is 1. The Balaban J connectivity index is 1.68. The molecule has 3 N–H and O–H groups in total. The van der Waals surface area contributed by atoms with E-state index in [0.29, 0.717) is 34.8 Å². The van der Waals surface area contributed by atoms with Crippen molar-refractivity contribution in [3.05, 3.63) is 51.3 Å². The second-order valence-corrected chi connectivity index (χ2v) is 6.56. The van der Waals surface area contributed by atoms with Crippen LogP contribution in [0.25, 0.3) is 22.3 Å². The Labute approximate surface area is 137 Å². The van der Waals surface area contributed by atoms with E-state index >= 15 is 0 Å². The van der Waals surface area contributed by atoms with Crippen molar-refractivity contribution in [2.24, 2.45) is 0 Å². The van der Waals surface area contributed by atoms with E-state index in [0.717, 1.165) is 36.1 Å². The molecule has 120 valence electrons. The monoisotopic (exact) mass is 320 g/mol. The SMILES string of the molecule is O=C1NCCc2ccc(-c3[nH]nc4[nH]c(C5CC5)cc(=O)c34)cc21. The topological polar surface area (TPSA) is 90.6 Å². The van der Waals surface area contributed by atoms with E-state index in [2.05, 4.69) is 20.5 Å². The van der Waals surface area contributed by atoms with Gasteiger partial charge in [0.1, 0.15) is 0 Å². The lowest BCUT2D eigenvalue weighted by atomic mass is 9.96. The molecule has 24 heavy (non-hydrogen) atoms. The van der Waals surface area contributed by atoms with Crippen LogP contribution in [0.3, 0.4) is 0 Å². The molecular weight excluding hydrogens is 304 g/mol. The highest BCUT2D eigenvalue weighted by Crippen LogP contribution is 2.39. The van der Waals surface area contributed by atoms with Crippen molar-refractivity contribution in [3.63, 3.8) is 0 Å². The molecule has 1 aromatic carbocycles. The summed E-state index contributed by atoms with van der Waals surface area (Å²) in [4.78, 5) is 27.9. The van der Waals surface area contributed by atoms with Crippen LogP contribution in [0.15, 0.2) is 29.1 Å². The van der Waals surface area contributed by atoms with E-state index in [1.54, 1.807) is 6.07 Å². The van der Waals surface area contributed by atoms with Crippen LogP contribution in [-0.4, -0.2) is 27.6 Å². The van der Waals surface area contributed by atoms with Gasteiger partial charge in [-0.25, -0.2) is 0 Å². The predicted molar refractivity (Wildman–Crippen MR) is 90.2 cm³/mol. The molecule has 0 radical (unpaired) electrons. The van der Waals surface area contributed by atoms with Crippen molar-refractivity contribution in [3.8, 4) is 11.3 Å². The lowest BCUT2D eigenvalue weighted by molar-refractivity contribution is 0.0946. The predicted octanol–water partition coefficient (Wildman–Crippen LogP) is 2.08. The van der Waals surface area contributed by atoms with Crippen molar-refractivity contribution in [1.82, 2.24) is 20.5 Å². The largest absolute Gasteiger partial charge is 0.352 e. The van der Waals surface area contributed by atoms with Crippen molar-refractivity contribution >= 4 is 16.9 Å². The number of benzene rings is 1. The third-order valence-electron chi connectivity index (χ3n) is 4.90. The van der Waals surface area contributed by atoms with Crippen molar-refractivity contribution in [2.75, 3.05) is 6.54 Å². The second-order valence-electron chi connectivity index (χ2n) is 6.56. The molecule has 3 aromatic rings. The minimum absolute atomic E-state index is 0.0310. The van der Waals surface area contributed by atoms with Gasteiger partial charge >= 0.3 is 0 Å². The Morgan fingerprint density at radius 1 is 1.12 bits per heavy atom. The van der Waals surface area contributed by atoms with E-state index in [4.69, 9.17) is 0 Å². The summed E-state index contributed by atoms with van der Waals surface area (Å²) in [6, 6.07) is 7.43. The highest BCUT2D eigenvalue weighted by molar-refractivity contribution is 5.99. The van der Waals surface area contributed by atoms with Crippen LogP contribution in [0.2, 0.25) is 0 Å². The van der Waals surface area contributed by atoms with Crippen molar-refractivity contribution < 1.29 is 4.79 Å². The molecule has 1 aliphatic carbocycles. The summed E-state index contributed by atoms with van der Waals surface area (Å²) in [5.41, 5.74) is 4.70. The van der Waals surface area contributed by atoms with Crippen LogP contribution in [0.1, 0.15) is 40.4 Å². The number of carbonyl (C=O) groups is 1. The summed E-state index contributed by atoms with van der Waals surface area (Å²) in [5, 5.41) is 10.6. The van der Waals surface area contributed by atoms with Gasteiger partial charge in [-0.15, -0.1) is 0 Å². The molecule has 6 nitrogen and oxygen atoms in total. The van der Waals surface area contributed by atoms with Gasteiger partial charge in [-0.1, -0.05) is 12.1 Å². The Hall–Kier alpha value is -2.89. The summed E-state index contributed by atoms with van der Waals surface area (Å²) in [7, 11) is 0. The Bertz CT molecular complexity index is 1040. The molecule has 0 atom stereocenters. The Kier molecular flexibility index (Phi) is 2.71. The average molecular weight is 320 g/mol. The first-order valence-corrected chi connectivity index (χ1v) is 8.23. The fourth-order valence-corrected chi connectivity index (χ4v) is 3.45. The van der Waals surface area contributed by atoms with Crippen LogP contribution in [0.4, 0.5) is 0 Å². The number of H-pyrrole nitrogens is 2. The molecular formula is C18H16N4O2. The summed E-state index contributed by atoms with van der Waals surface area (Å²) in [5.74, 6) is 0.404. The van der Waals surface area contributed by atoms with Gasteiger partial charge in [0.2, 0.25) is 0 Å². The van der Waals surface area contributed by atoms with Gasteiger partial charge in [0.25, 0.3) is 5.91 Å². The zero-order valence-electron chi connectivity index (χ0n) is 13.0. The first-order valence-electron chi connectivity index (χ1n) is 8.23.